The van der Waals surface area contributed by atoms with Crippen LogP contribution in [0.4, 0.5) is 10.5 Å². The average Bonchev–Trinajstić information content (AvgIpc) is 2.37. The van der Waals surface area contributed by atoms with Crippen molar-refractivity contribution in [3.63, 3.8) is 0 Å². The molecule has 0 spiro atoms. The minimum absolute atomic E-state index is 0.404. The number of hydrogen-bond acceptors (Lipinski definition) is 2. The Morgan fingerprint density at radius 3 is 2.65 bits per heavy atom. The molecule has 0 bridgehead atoms. The smallest absolute Gasteiger partial charge is 0.326 e. The SMILES string of the molecule is CCCC[C@H](NC(=O)Nc1ccc(C)cc1Cl)C(=O)O. The Balaban J connectivity index is 2.63. The van der Waals surface area contributed by atoms with Crippen molar-refractivity contribution < 1.29 is 14.7 Å². The highest BCUT2D eigenvalue weighted by molar-refractivity contribution is 6.33. The van der Waals surface area contributed by atoms with E-state index in [1.807, 2.05) is 19.9 Å². The zero-order valence-electron chi connectivity index (χ0n) is 11.6. The molecule has 1 aromatic rings. The number of carboxylic acid groups (broad SMARTS) is 1. The molecule has 20 heavy (non-hydrogen) atoms. The van der Waals surface area contributed by atoms with E-state index < -0.39 is 18.0 Å². The van der Waals surface area contributed by atoms with Gasteiger partial charge in [-0.3, -0.25) is 0 Å². The van der Waals surface area contributed by atoms with Gasteiger partial charge < -0.3 is 15.7 Å². The van der Waals surface area contributed by atoms with Crippen LogP contribution in [0.2, 0.25) is 5.02 Å². The summed E-state index contributed by atoms with van der Waals surface area (Å²) in [5, 5.41) is 14.4. The second-order valence-corrected chi connectivity index (χ2v) is 5.02. The monoisotopic (exact) mass is 298 g/mol. The number of aryl methyl sites for hydroxylation is 1. The number of hydrogen-bond donors (Lipinski definition) is 3. The minimum atomic E-state index is -1.04. The number of aliphatic carboxylic acids is 1. The van der Waals surface area contributed by atoms with Crippen molar-refractivity contribution in [2.45, 2.75) is 39.2 Å². The fourth-order valence-corrected chi connectivity index (χ4v) is 1.99. The molecular weight excluding hydrogens is 280 g/mol. The summed E-state index contributed by atoms with van der Waals surface area (Å²) in [7, 11) is 0. The molecule has 6 heteroatoms. The van der Waals surface area contributed by atoms with E-state index in [0.29, 0.717) is 17.1 Å². The minimum Gasteiger partial charge on any atom is -0.480 e. The van der Waals surface area contributed by atoms with Crippen molar-refractivity contribution >= 4 is 29.3 Å². The number of halogens is 1. The summed E-state index contributed by atoms with van der Waals surface area (Å²) in [5.74, 6) is -1.04. The summed E-state index contributed by atoms with van der Waals surface area (Å²) in [4.78, 5) is 22.8. The predicted molar refractivity (Wildman–Crippen MR) is 79.3 cm³/mol. The molecule has 110 valence electrons. The Morgan fingerprint density at radius 2 is 2.10 bits per heavy atom. The second-order valence-electron chi connectivity index (χ2n) is 4.61. The molecule has 5 nitrogen and oxygen atoms in total. The maximum Gasteiger partial charge on any atom is 0.326 e. The van der Waals surface area contributed by atoms with Gasteiger partial charge in [-0.2, -0.15) is 0 Å². The predicted octanol–water partition coefficient (Wildman–Crippen LogP) is 3.41. The Kier molecular flexibility index (Phi) is 6.31. The van der Waals surface area contributed by atoms with Gasteiger partial charge in [-0.25, -0.2) is 9.59 Å². The van der Waals surface area contributed by atoms with E-state index in [2.05, 4.69) is 10.6 Å². The molecule has 0 radical (unpaired) electrons. The van der Waals surface area contributed by atoms with Gasteiger partial charge >= 0.3 is 12.0 Å². The molecule has 0 heterocycles. The van der Waals surface area contributed by atoms with Gasteiger partial charge in [0.2, 0.25) is 0 Å². The lowest BCUT2D eigenvalue weighted by Crippen LogP contribution is -2.43. The number of amides is 2. The number of benzene rings is 1. The fourth-order valence-electron chi connectivity index (χ4n) is 1.70. The summed E-state index contributed by atoms with van der Waals surface area (Å²) < 4.78 is 0. The van der Waals surface area contributed by atoms with Gasteiger partial charge in [-0.1, -0.05) is 37.4 Å². The summed E-state index contributed by atoms with van der Waals surface area (Å²) in [6, 6.07) is 3.76. The van der Waals surface area contributed by atoms with E-state index >= 15 is 0 Å². The third kappa shape index (κ3) is 5.09. The lowest BCUT2D eigenvalue weighted by atomic mass is 10.1. The molecule has 0 aromatic heterocycles. The van der Waals surface area contributed by atoms with Crippen molar-refractivity contribution in [2.75, 3.05) is 5.32 Å². The molecule has 0 aliphatic heterocycles. The van der Waals surface area contributed by atoms with Gasteiger partial charge in [0.05, 0.1) is 10.7 Å². The van der Waals surface area contributed by atoms with Crippen LogP contribution in [0.25, 0.3) is 0 Å². The number of anilines is 1. The maximum atomic E-state index is 11.8. The van der Waals surface area contributed by atoms with Crippen LogP contribution in [0.15, 0.2) is 18.2 Å². The van der Waals surface area contributed by atoms with Crippen molar-refractivity contribution in [1.82, 2.24) is 5.32 Å². The number of carboxylic acids is 1. The Hall–Kier alpha value is -1.75. The van der Waals surface area contributed by atoms with Gasteiger partial charge in [0, 0.05) is 0 Å². The maximum absolute atomic E-state index is 11.8. The largest absolute Gasteiger partial charge is 0.480 e. The van der Waals surface area contributed by atoms with E-state index in [9.17, 15) is 9.59 Å². The van der Waals surface area contributed by atoms with Gasteiger partial charge in [0.25, 0.3) is 0 Å². The summed E-state index contributed by atoms with van der Waals surface area (Å²) in [6.07, 6.45) is 2.01. The summed E-state index contributed by atoms with van der Waals surface area (Å²) in [6.45, 7) is 3.85. The first-order valence-corrected chi connectivity index (χ1v) is 6.88. The van der Waals surface area contributed by atoms with E-state index in [4.69, 9.17) is 16.7 Å². The van der Waals surface area contributed by atoms with E-state index in [1.54, 1.807) is 12.1 Å². The fraction of sp³-hybridized carbons (Fsp3) is 0.429. The number of rotatable bonds is 6. The molecule has 3 N–H and O–H groups in total. The van der Waals surface area contributed by atoms with Gasteiger partial charge in [-0.05, 0) is 31.0 Å². The number of urea groups is 1. The van der Waals surface area contributed by atoms with Gasteiger partial charge in [0.1, 0.15) is 6.04 Å². The third-order valence-electron chi connectivity index (χ3n) is 2.82. The third-order valence-corrected chi connectivity index (χ3v) is 3.14. The zero-order chi connectivity index (χ0) is 15.1. The molecule has 1 aromatic carbocycles. The van der Waals surface area contributed by atoms with Crippen LogP contribution >= 0.6 is 11.6 Å². The lowest BCUT2D eigenvalue weighted by Gasteiger charge is -2.15. The number of carbonyl (C=O) groups is 2. The van der Waals surface area contributed by atoms with E-state index in [-0.39, 0.29) is 0 Å². The first-order chi connectivity index (χ1) is 9.43. The normalized spacial score (nSPS) is 11.8. The van der Waals surface area contributed by atoms with Crippen LogP contribution < -0.4 is 10.6 Å². The van der Waals surface area contributed by atoms with E-state index in [1.165, 1.54) is 0 Å². The molecule has 1 atom stereocenters. The van der Waals surface area contributed by atoms with Gasteiger partial charge in [-0.15, -0.1) is 0 Å². The molecule has 0 saturated carbocycles. The van der Waals surface area contributed by atoms with Crippen LogP contribution in [0.1, 0.15) is 31.7 Å². The number of nitrogens with one attached hydrogen (secondary N) is 2. The van der Waals surface area contributed by atoms with Crippen LogP contribution in [0, 0.1) is 6.92 Å². The lowest BCUT2D eigenvalue weighted by molar-refractivity contribution is -0.139. The first kappa shape index (κ1) is 16.3. The molecule has 2 amide bonds. The Bertz CT molecular complexity index is 491. The molecular formula is C14H19ClN2O3. The van der Waals surface area contributed by atoms with Gasteiger partial charge in [0.15, 0.2) is 0 Å². The topological polar surface area (TPSA) is 78.4 Å². The molecule has 0 fully saturated rings. The highest BCUT2D eigenvalue weighted by atomic mass is 35.5. The van der Waals surface area contributed by atoms with Crippen molar-refractivity contribution in [1.29, 1.82) is 0 Å². The molecule has 0 aliphatic rings. The van der Waals surface area contributed by atoms with Crippen LogP contribution in [0.3, 0.4) is 0 Å². The highest BCUT2D eigenvalue weighted by Gasteiger charge is 2.19. The molecule has 1 rings (SSSR count). The molecule has 0 saturated heterocycles. The van der Waals surface area contributed by atoms with Crippen LogP contribution in [-0.2, 0) is 4.79 Å². The standard InChI is InChI=1S/C14H19ClN2O3/c1-3-4-5-12(13(18)19)17-14(20)16-11-7-6-9(2)8-10(11)15/h6-8,12H,3-5H2,1-2H3,(H,18,19)(H2,16,17,20)/t12-/m0/s1. The number of carbonyl (C=O) groups excluding carboxylic acids is 1. The summed E-state index contributed by atoms with van der Waals surface area (Å²) in [5.41, 5.74) is 1.43. The van der Waals surface area contributed by atoms with Crippen molar-refractivity contribution in [2.24, 2.45) is 0 Å². The summed E-state index contributed by atoms with van der Waals surface area (Å²) >= 11 is 6.00. The average molecular weight is 299 g/mol. The number of unbranched alkanes of at least 4 members (excludes halogenated alkanes) is 1. The quantitative estimate of drug-likeness (QED) is 0.753. The zero-order valence-corrected chi connectivity index (χ0v) is 12.3. The van der Waals surface area contributed by atoms with Crippen molar-refractivity contribution in [3.8, 4) is 0 Å². The van der Waals surface area contributed by atoms with Crippen LogP contribution in [0.5, 0.6) is 0 Å². The Morgan fingerprint density at radius 1 is 1.40 bits per heavy atom. The van der Waals surface area contributed by atoms with Crippen molar-refractivity contribution in [3.05, 3.63) is 28.8 Å². The molecule has 0 aliphatic carbocycles. The first-order valence-electron chi connectivity index (χ1n) is 6.50. The highest BCUT2D eigenvalue weighted by Crippen LogP contribution is 2.22. The van der Waals surface area contributed by atoms with Crippen LogP contribution in [-0.4, -0.2) is 23.1 Å². The Labute approximate surface area is 123 Å². The second kappa shape index (κ2) is 7.75. The van der Waals surface area contributed by atoms with E-state index in [0.717, 1.165) is 18.4 Å². The molecule has 0 unspecified atom stereocenters.